The molecule has 1 aromatic carbocycles. The van der Waals surface area contributed by atoms with Gasteiger partial charge in [0.15, 0.2) is 0 Å². The van der Waals surface area contributed by atoms with Crippen molar-refractivity contribution in [2.75, 3.05) is 6.54 Å². The number of benzene rings is 1. The molecular formula is C14H16F3NO3. The van der Waals surface area contributed by atoms with Gasteiger partial charge in [-0.1, -0.05) is 18.2 Å². The molecule has 116 valence electrons. The number of alkyl halides is 3. The lowest BCUT2D eigenvalue weighted by Crippen LogP contribution is -2.58. The molecule has 0 aromatic heterocycles. The number of fused-ring (bicyclic) bond motifs is 1. The Balaban J connectivity index is 2.51. The van der Waals surface area contributed by atoms with Gasteiger partial charge in [-0.25, -0.2) is 4.79 Å². The molecule has 1 aliphatic rings. The number of aliphatic carboxylic acids is 1. The lowest BCUT2D eigenvalue weighted by atomic mass is 9.77. The summed E-state index contributed by atoms with van der Waals surface area (Å²) in [5.41, 5.74) is -2.51. The fraction of sp³-hybridized carbons (Fsp3) is 0.500. The van der Waals surface area contributed by atoms with Gasteiger partial charge in [0.2, 0.25) is 0 Å². The minimum absolute atomic E-state index is 0.109. The highest BCUT2D eigenvalue weighted by atomic mass is 19.4. The minimum atomic E-state index is -4.50. The van der Waals surface area contributed by atoms with E-state index < -0.39 is 29.8 Å². The Labute approximate surface area is 119 Å². The largest absolute Gasteiger partial charge is 0.487 e. The molecule has 21 heavy (non-hydrogen) atoms. The first-order valence-electron chi connectivity index (χ1n) is 6.39. The summed E-state index contributed by atoms with van der Waals surface area (Å²) in [6, 6.07) is 6.26. The smallest absolute Gasteiger partial charge is 0.401 e. The molecule has 0 fully saturated rings. The molecule has 1 aromatic rings. The molecule has 0 amide bonds. The van der Waals surface area contributed by atoms with E-state index in [9.17, 15) is 23.1 Å². The van der Waals surface area contributed by atoms with E-state index in [4.69, 9.17) is 4.74 Å². The third kappa shape index (κ3) is 3.12. The second-order valence-electron chi connectivity index (χ2n) is 5.71. The summed E-state index contributed by atoms with van der Waals surface area (Å²) >= 11 is 0. The third-order valence-electron chi connectivity index (χ3n) is 3.38. The molecular weight excluding hydrogens is 287 g/mol. The fourth-order valence-corrected chi connectivity index (χ4v) is 2.65. The summed E-state index contributed by atoms with van der Waals surface area (Å²) < 4.78 is 43.2. The van der Waals surface area contributed by atoms with Gasteiger partial charge in [-0.2, -0.15) is 13.2 Å². The lowest BCUT2D eigenvalue weighted by Gasteiger charge is -2.44. The number of hydrogen-bond acceptors (Lipinski definition) is 3. The van der Waals surface area contributed by atoms with E-state index in [-0.39, 0.29) is 17.7 Å². The van der Waals surface area contributed by atoms with Crippen molar-refractivity contribution in [1.29, 1.82) is 0 Å². The normalized spacial score (nSPS) is 24.0. The van der Waals surface area contributed by atoms with Crippen LogP contribution in [0.3, 0.4) is 0 Å². The van der Waals surface area contributed by atoms with E-state index in [1.807, 2.05) is 0 Å². The van der Waals surface area contributed by atoms with Crippen molar-refractivity contribution in [1.82, 2.24) is 5.32 Å². The van der Waals surface area contributed by atoms with Crippen molar-refractivity contribution >= 4 is 5.97 Å². The number of ether oxygens (including phenoxy) is 1. The highest BCUT2D eigenvalue weighted by Crippen LogP contribution is 2.43. The first-order valence-corrected chi connectivity index (χ1v) is 6.39. The molecule has 1 heterocycles. The Hall–Kier alpha value is -1.76. The zero-order valence-corrected chi connectivity index (χ0v) is 11.6. The van der Waals surface area contributed by atoms with Crippen LogP contribution in [0.4, 0.5) is 13.2 Å². The van der Waals surface area contributed by atoms with Crippen LogP contribution in [-0.4, -0.2) is 29.4 Å². The molecule has 4 nitrogen and oxygen atoms in total. The molecule has 0 radical (unpaired) electrons. The van der Waals surface area contributed by atoms with Gasteiger partial charge in [-0.05, 0) is 19.9 Å². The lowest BCUT2D eigenvalue weighted by molar-refractivity contribution is -0.156. The van der Waals surface area contributed by atoms with E-state index >= 15 is 0 Å². The van der Waals surface area contributed by atoms with Gasteiger partial charge in [0.25, 0.3) is 0 Å². The third-order valence-corrected chi connectivity index (χ3v) is 3.38. The van der Waals surface area contributed by atoms with Gasteiger partial charge in [0, 0.05) is 12.0 Å². The molecule has 1 atom stereocenters. The molecule has 7 heteroatoms. The highest BCUT2D eigenvalue weighted by Gasteiger charge is 2.51. The average Bonchev–Trinajstić information content (AvgIpc) is 2.33. The van der Waals surface area contributed by atoms with Gasteiger partial charge < -0.3 is 9.84 Å². The van der Waals surface area contributed by atoms with Crippen molar-refractivity contribution in [2.24, 2.45) is 0 Å². The minimum Gasteiger partial charge on any atom is -0.487 e. The number of rotatable bonds is 3. The topological polar surface area (TPSA) is 58.6 Å². The second kappa shape index (κ2) is 4.91. The van der Waals surface area contributed by atoms with Gasteiger partial charge in [0.05, 0.1) is 6.54 Å². The summed E-state index contributed by atoms with van der Waals surface area (Å²) in [5.74, 6) is -1.07. The first-order chi connectivity index (χ1) is 9.56. The van der Waals surface area contributed by atoms with Crippen LogP contribution in [0.1, 0.15) is 25.8 Å². The van der Waals surface area contributed by atoms with E-state index in [1.54, 1.807) is 32.0 Å². The fourth-order valence-electron chi connectivity index (χ4n) is 2.65. The Morgan fingerprint density at radius 2 is 2.00 bits per heavy atom. The highest BCUT2D eigenvalue weighted by molar-refractivity contribution is 5.82. The molecule has 1 aliphatic heterocycles. The van der Waals surface area contributed by atoms with Gasteiger partial charge >= 0.3 is 12.1 Å². The molecule has 0 saturated carbocycles. The van der Waals surface area contributed by atoms with Crippen molar-refractivity contribution in [3.05, 3.63) is 29.8 Å². The van der Waals surface area contributed by atoms with Crippen LogP contribution >= 0.6 is 0 Å². The summed E-state index contributed by atoms with van der Waals surface area (Å²) in [7, 11) is 0. The standard InChI is InChI=1S/C14H16F3NO3/c1-12(2)7-13(11(19)20,18-8-14(15,16)17)9-5-3-4-6-10(9)21-12/h3-6,18H,7-8H2,1-2H3,(H,19,20). The summed E-state index contributed by atoms with van der Waals surface area (Å²) in [6.07, 6.45) is -4.61. The number of para-hydroxylation sites is 1. The number of nitrogens with one attached hydrogen (secondary N) is 1. The number of carbonyl (C=O) groups is 1. The quantitative estimate of drug-likeness (QED) is 0.901. The predicted octanol–water partition coefficient (Wildman–Crippen LogP) is 2.68. The van der Waals surface area contributed by atoms with Crippen LogP contribution in [0.5, 0.6) is 5.75 Å². The Morgan fingerprint density at radius 1 is 1.38 bits per heavy atom. The van der Waals surface area contributed by atoms with Crippen molar-refractivity contribution in [3.8, 4) is 5.75 Å². The molecule has 0 aliphatic carbocycles. The average molecular weight is 303 g/mol. The first kappa shape index (κ1) is 15.6. The second-order valence-corrected chi connectivity index (χ2v) is 5.71. The van der Waals surface area contributed by atoms with Crippen LogP contribution in [0.2, 0.25) is 0 Å². The summed E-state index contributed by atoms with van der Waals surface area (Å²) in [6.45, 7) is 1.91. The molecule has 0 spiro atoms. The van der Waals surface area contributed by atoms with Gasteiger partial charge in [0.1, 0.15) is 16.9 Å². The number of carboxylic acid groups (broad SMARTS) is 1. The number of hydrogen-bond donors (Lipinski definition) is 2. The van der Waals surface area contributed by atoms with Crippen LogP contribution in [0.15, 0.2) is 24.3 Å². The zero-order valence-electron chi connectivity index (χ0n) is 11.6. The summed E-state index contributed by atoms with van der Waals surface area (Å²) in [4.78, 5) is 11.8. The van der Waals surface area contributed by atoms with Crippen LogP contribution in [0.25, 0.3) is 0 Å². The predicted molar refractivity (Wildman–Crippen MR) is 69.1 cm³/mol. The number of carboxylic acids is 1. The molecule has 2 N–H and O–H groups in total. The summed E-state index contributed by atoms with van der Waals surface area (Å²) in [5, 5.41) is 11.8. The number of halogens is 3. The maximum atomic E-state index is 12.5. The van der Waals surface area contributed by atoms with E-state index in [2.05, 4.69) is 5.32 Å². The van der Waals surface area contributed by atoms with E-state index in [1.165, 1.54) is 6.07 Å². The zero-order chi connectivity index (χ0) is 15.9. The Morgan fingerprint density at radius 3 is 2.57 bits per heavy atom. The Kier molecular flexibility index (Phi) is 3.65. The van der Waals surface area contributed by atoms with Gasteiger partial charge in [-0.15, -0.1) is 0 Å². The maximum Gasteiger partial charge on any atom is 0.401 e. The van der Waals surface area contributed by atoms with Crippen LogP contribution < -0.4 is 10.1 Å². The van der Waals surface area contributed by atoms with Gasteiger partial charge in [-0.3, -0.25) is 5.32 Å². The van der Waals surface area contributed by atoms with Crippen LogP contribution in [-0.2, 0) is 10.3 Å². The molecule has 2 rings (SSSR count). The molecule has 0 bridgehead atoms. The van der Waals surface area contributed by atoms with Crippen molar-refractivity contribution < 1.29 is 27.8 Å². The SMILES string of the molecule is CC1(C)CC(NCC(F)(F)F)(C(=O)O)c2ccccc2O1. The van der Waals surface area contributed by atoms with E-state index in [0.717, 1.165) is 0 Å². The molecule has 1 unspecified atom stereocenters. The maximum absolute atomic E-state index is 12.5. The van der Waals surface area contributed by atoms with Crippen molar-refractivity contribution in [3.63, 3.8) is 0 Å². The van der Waals surface area contributed by atoms with Crippen molar-refractivity contribution in [2.45, 2.75) is 37.6 Å². The van der Waals surface area contributed by atoms with Crippen LogP contribution in [0, 0.1) is 0 Å². The molecule has 0 saturated heterocycles. The Bertz CT molecular complexity index is 557. The van der Waals surface area contributed by atoms with E-state index in [0.29, 0.717) is 0 Å². The monoisotopic (exact) mass is 303 g/mol.